The number of hydrogen-bond donors (Lipinski definition) is 1. The van der Waals surface area contributed by atoms with Crippen LogP contribution in [0.15, 0.2) is 53.1 Å². The van der Waals surface area contributed by atoms with E-state index in [9.17, 15) is 0 Å². The highest BCUT2D eigenvalue weighted by atomic mass is 16.3. The third-order valence-electron chi connectivity index (χ3n) is 3.33. The van der Waals surface area contributed by atoms with E-state index < -0.39 is 0 Å². The maximum Gasteiger partial charge on any atom is 0.136 e. The second-order valence-electron chi connectivity index (χ2n) is 4.60. The van der Waals surface area contributed by atoms with Crippen LogP contribution in [0.25, 0.3) is 22.2 Å². The number of aromatic nitrogens is 1. The van der Waals surface area contributed by atoms with Crippen LogP contribution in [0.4, 0.5) is 0 Å². The van der Waals surface area contributed by atoms with Crippen LogP contribution in [0.5, 0.6) is 0 Å². The third kappa shape index (κ3) is 2.13. The van der Waals surface area contributed by atoms with E-state index in [-0.39, 0.29) is 6.04 Å². The Bertz CT molecular complexity index is 697. The number of furan rings is 1. The predicted molar refractivity (Wildman–Crippen MR) is 76.7 cm³/mol. The van der Waals surface area contributed by atoms with Gasteiger partial charge in [0.25, 0.3) is 0 Å². The Kier molecular flexibility index (Phi) is 3.05. The fourth-order valence-corrected chi connectivity index (χ4v) is 2.20. The lowest BCUT2D eigenvalue weighted by Crippen LogP contribution is -2.06. The highest BCUT2D eigenvalue weighted by molar-refractivity contribution is 5.92. The summed E-state index contributed by atoms with van der Waals surface area (Å²) in [5, 5.41) is 1.11. The minimum atomic E-state index is -0.0447. The molecule has 3 aromatic rings. The molecule has 1 atom stereocenters. The van der Waals surface area contributed by atoms with Gasteiger partial charge in [-0.3, -0.25) is 4.98 Å². The van der Waals surface area contributed by atoms with Crippen LogP contribution in [-0.2, 0) is 0 Å². The van der Waals surface area contributed by atoms with Crippen molar-refractivity contribution in [1.82, 2.24) is 4.98 Å². The minimum Gasteiger partial charge on any atom is -0.459 e. The topological polar surface area (TPSA) is 52.0 Å². The summed E-state index contributed by atoms with van der Waals surface area (Å²) in [6.45, 7) is 2.05. The summed E-state index contributed by atoms with van der Waals surface area (Å²) in [5.41, 5.74) is 7.95. The first-order valence-corrected chi connectivity index (χ1v) is 6.49. The number of rotatable bonds is 3. The van der Waals surface area contributed by atoms with Gasteiger partial charge in [0, 0.05) is 17.1 Å². The molecular weight excluding hydrogens is 236 g/mol. The van der Waals surface area contributed by atoms with Crippen molar-refractivity contribution in [3.05, 3.63) is 54.4 Å². The van der Waals surface area contributed by atoms with Crippen molar-refractivity contribution >= 4 is 10.9 Å². The van der Waals surface area contributed by atoms with Crippen LogP contribution in [0.1, 0.15) is 25.1 Å². The van der Waals surface area contributed by atoms with Crippen LogP contribution in [0, 0.1) is 0 Å². The summed E-state index contributed by atoms with van der Waals surface area (Å²) >= 11 is 0. The highest BCUT2D eigenvalue weighted by Crippen LogP contribution is 2.30. The summed E-state index contributed by atoms with van der Waals surface area (Å²) in [6.07, 6.45) is 2.66. The molecule has 2 heterocycles. The van der Waals surface area contributed by atoms with Crippen LogP contribution in [0.3, 0.4) is 0 Å². The van der Waals surface area contributed by atoms with Gasteiger partial charge in [0.05, 0.1) is 11.6 Å². The molecule has 0 amide bonds. The van der Waals surface area contributed by atoms with Gasteiger partial charge in [-0.1, -0.05) is 25.1 Å². The van der Waals surface area contributed by atoms with Crippen molar-refractivity contribution in [3.8, 4) is 11.3 Å². The molecule has 0 aliphatic heterocycles. The lowest BCUT2D eigenvalue weighted by atomic mass is 10.1. The molecule has 1 unspecified atom stereocenters. The van der Waals surface area contributed by atoms with E-state index in [1.54, 1.807) is 6.20 Å². The van der Waals surface area contributed by atoms with Gasteiger partial charge < -0.3 is 10.2 Å². The van der Waals surface area contributed by atoms with E-state index in [1.165, 1.54) is 0 Å². The van der Waals surface area contributed by atoms with E-state index in [4.69, 9.17) is 10.2 Å². The SMILES string of the molecule is CCC(N)c1ccc(-c2cccc3cccnc23)o1. The molecule has 2 N–H and O–H groups in total. The van der Waals surface area contributed by atoms with Crippen LogP contribution < -0.4 is 5.73 Å². The number of fused-ring (bicyclic) bond motifs is 1. The first-order valence-electron chi connectivity index (χ1n) is 6.49. The molecule has 96 valence electrons. The normalized spacial score (nSPS) is 12.7. The Balaban J connectivity index is 2.12. The lowest BCUT2D eigenvalue weighted by molar-refractivity contribution is 0.470. The molecule has 3 nitrogen and oxygen atoms in total. The summed E-state index contributed by atoms with van der Waals surface area (Å²) in [5.74, 6) is 1.65. The number of para-hydroxylation sites is 1. The van der Waals surface area contributed by atoms with Crippen LogP contribution in [-0.4, -0.2) is 4.98 Å². The minimum absolute atomic E-state index is 0.0447. The molecule has 2 aromatic heterocycles. The fourth-order valence-electron chi connectivity index (χ4n) is 2.20. The monoisotopic (exact) mass is 252 g/mol. The van der Waals surface area contributed by atoms with Crippen LogP contribution >= 0.6 is 0 Å². The summed E-state index contributed by atoms with van der Waals surface area (Å²) < 4.78 is 5.87. The number of nitrogens with two attached hydrogens (primary N) is 1. The average molecular weight is 252 g/mol. The molecule has 0 fully saturated rings. The molecule has 3 heteroatoms. The van der Waals surface area contributed by atoms with Gasteiger partial charge in [-0.05, 0) is 30.7 Å². The summed E-state index contributed by atoms with van der Waals surface area (Å²) in [4.78, 5) is 4.44. The Labute approximate surface area is 112 Å². The number of hydrogen-bond acceptors (Lipinski definition) is 3. The zero-order chi connectivity index (χ0) is 13.2. The Hall–Kier alpha value is -2.13. The van der Waals surface area contributed by atoms with E-state index in [0.29, 0.717) is 0 Å². The zero-order valence-corrected chi connectivity index (χ0v) is 10.8. The number of pyridine rings is 1. The molecule has 3 rings (SSSR count). The van der Waals surface area contributed by atoms with Gasteiger partial charge in [0.1, 0.15) is 11.5 Å². The fraction of sp³-hybridized carbons (Fsp3) is 0.188. The van der Waals surface area contributed by atoms with Crippen molar-refractivity contribution in [2.45, 2.75) is 19.4 Å². The zero-order valence-electron chi connectivity index (χ0n) is 10.8. The van der Waals surface area contributed by atoms with E-state index in [0.717, 1.165) is 34.4 Å². The predicted octanol–water partition coefficient (Wildman–Crippen LogP) is 3.90. The van der Waals surface area contributed by atoms with Crippen molar-refractivity contribution in [1.29, 1.82) is 0 Å². The van der Waals surface area contributed by atoms with Gasteiger partial charge in [0.2, 0.25) is 0 Å². The van der Waals surface area contributed by atoms with Gasteiger partial charge >= 0.3 is 0 Å². The van der Waals surface area contributed by atoms with E-state index in [2.05, 4.69) is 4.98 Å². The summed E-state index contributed by atoms with van der Waals surface area (Å²) in [7, 11) is 0. The van der Waals surface area contributed by atoms with Crippen molar-refractivity contribution in [3.63, 3.8) is 0 Å². The standard InChI is InChI=1S/C16H16N2O/c1-2-13(17)15-9-8-14(19-15)12-7-3-5-11-6-4-10-18-16(11)12/h3-10,13H,2,17H2,1H3. The number of benzene rings is 1. The molecule has 19 heavy (non-hydrogen) atoms. The van der Waals surface area contributed by atoms with Crippen molar-refractivity contribution in [2.24, 2.45) is 5.73 Å². The molecule has 0 aliphatic rings. The van der Waals surface area contributed by atoms with E-state index in [1.807, 2.05) is 49.4 Å². The molecule has 1 aromatic carbocycles. The second kappa shape index (κ2) is 4.86. The molecule has 0 radical (unpaired) electrons. The van der Waals surface area contributed by atoms with Crippen molar-refractivity contribution < 1.29 is 4.42 Å². The maximum absolute atomic E-state index is 5.99. The first-order chi connectivity index (χ1) is 9.29. The molecule has 0 bridgehead atoms. The van der Waals surface area contributed by atoms with Gasteiger partial charge in [-0.25, -0.2) is 0 Å². The molecule has 0 spiro atoms. The Morgan fingerprint density at radius 2 is 2.00 bits per heavy atom. The van der Waals surface area contributed by atoms with Gasteiger partial charge in [-0.2, -0.15) is 0 Å². The molecule has 0 saturated heterocycles. The Morgan fingerprint density at radius 3 is 2.84 bits per heavy atom. The molecular formula is C16H16N2O. The first kappa shape index (κ1) is 11.9. The van der Waals surface area contributed by atoms with Gasteiger partial charge in [-0.15, -0.1) is 0 Å². The molecule has 0 saturated carbocycles. The highest BCUT2D eigenvalue weighted by Gasteiger charge is 2.12. The molecule has 0 aliphatic carbocycles. The largest absolute Gasteiger partial charge is 0.459 e. The summed E-state index contributed by atoms with van der Waals surface area (Å²) in [6, 6.07) is 13.9. The van der Waals surface area contributed by atoms with Crippen molar-refractivity contribution in [2.75, 3.05) is 0 Å². The smallest absolute Gasteiger partial charge is 0.136 e. The quantitative estimate of drug-likeness (QED) is 0.769. The van der Waals surface area contributed by atoms with Crippen LogP contribution in [0.2, 0.25) is 0 Å². The lowest BCUT2D eigenvalue weighted by Gasteiger charge is -2.05. The third-order valence-corrected chi connectivity index (χ3v) is 3.33. The number of nitrogens with zero attached hydrogens (tertiary/aromatic N) is 1. The maximum atomic E-state index is 5.99. The van der Waals surface area contributed by atoms with Gasteiger partial charge in [0.15, 0.2) is 0 Å². The second-order valence-corrected chi connectivity index (χ2v) is 4.60. The van der Waals surface area contributed by atoms with E-state index >= 15 is 0 Å². The average Bonchev–Trinajstić information content (AvgIpc) is 2.95. The Morgan fingerprint density at radius 1 is 1.16 bits per heavy atom.